The summed E-state index contributed by atoms with van der Waals surface area (Å²) in [6.07, 6.45) is 0. The molecule has 1 aliphatic heterocycles. The normalized spacial score (nSPS) is 14.2. The molecule has 3 rings (SSSR count). The van der Waals surface area contributed by atoms with Crippen molar-refractivity contribution in [1.82, 2.24) is 10.9 Å². The summed E-state index contributed by atoms with van der Waals surface area (Å²) in [7, 11) is 0. The van der Waals surface area contributed by atoms with Gasteiger partial charge in [-0.15, -0.1) is 0 Å². The monoisotopic (exact) mass is 273 g/mol. The third-order valence-electron chi connectivity index (χ3n) is 3.11. The van der Waals surface area contributed by atoms with E-state index in [-0.39, 0.29) is 11.6 Å². The van der Waals surface area contributed by atoms with Crippen LogP contribution in [0, 0.1) is 11.6 Å². The van der Waals surface area contributed by atoms with E-state index in [0.29, 0.717) is 16.9 Å². The molecule has 102 valence electrons. The molecule has 0 aromatic heterocycles. The van der Waals surface area contributed by atoms with Crippen LogP contribution in [0.5, 0.6) is 0 Å². The number of hydrogen-bond donors (Lipinski definition) is 2. The van der Waals surface area contributed by atoms with Crippen LogP contribution in [0.1, 0.15) is 12.5 Å². The SMILES string of the molecule is CC1=C(c2ccccc2F)NN(c2ccccc2F)N1. The number of rotatable bonds is 2. The van der Waals surface area contributed by atoms with E-state index in [1.165, 1.54) is 17.3 Å². The Bertz CT molecular complexity index is 682. The Morgan fingerprint density at radius 2 is 1.50 bits per heavy atom. The van der Waals surface area contributed by atoms with Crippen LogP contribution in [0.3, 0.4) is 0 Å². The first-order valence-corrected chi connectivity index (χ1v) is 6.20. The van der Waals surface area contributed by atoms with Gasteiger partial charge in [-0.3, -0.25) is 10.9 Å². The highest BCUT2D eigenvalue weighted by atomic mass is 19.1. The van der Waals surface area contributed by atoms with Gasteiger partial charge in [0.1, 0.15) is 11.5 Å². The Morgan fingerprint density at radius 3 is 2.20 bits per heavy atom. The lowest BCUT2D eigenvalue weighted by molar-refractivity contribution is 0.601. The van der Waals surface area contributed by atoms with E-state index in [9.17, 15) is 8.78 Å². The first-order chi connectivity index (χ1) is 9.66. The van der Waals surface area contributed by atoms with Gasteiger partial charge in [0.2, 0.25) is 0 Å². The van der Waals surface area contributed by atoms with Gasteiger partial charge in [-0.2, -0.15) is 5.12 Å². The second-order valence-electron chi connectivity index (χ2n) is 4.49. The number of halogens is 2. The zero-order chi connectivity index (χ0) is 14.1. The third kappa shape index (κ3) is 2.07. The smallest absolute Gasteiger partial charge is 0.150 e. The molecule has 0 aliphatic carbocycles. The molecule has 3 nitrogen and oxygen atoms in total. The Kier molecular flexibility index (Phi) is 3.02. The highest BCUT2D eigenvalue weighted by molar-refractivity contribution is 5.71. The van der Waals surface area contributed by atoms with Crippen molar-refractivity contribution in [3.8, 4) is 0 Å². The number of para-hydroxylation sites is 1. The molecule has 20 heavy (non-hydrogen) atoms. The summed E-state index contributed by atoms with van der Waals surface area (Å²) in [5, 5.41) is 1.44. The van der Waals surface area contributed by atoms with E-state index >= 15 is 0 Å². The highest BCUT2D eigenvalue weighted by Crippen LogP contribution is 2.26. The minimum Gasteiger partial charge on any atom is -0.282 e. The fraction of sp³-hybridized carbons (Fsp3) is 0.0667. The quantitative estimate of drug-likeness (QED) is 0.880. The molecule has 0 saturated heterocycles. The number of hydrazine groups is 2. The van der Waals surface area contributed by atoms with E-state index in [4.69, 9.17) is 0 Å². The van der Waals surface area contributed by atoms with Crippen molar-refractivity contribution in [2.24, 2.45) is 0 Å². The molecular formula is C15H13F2N3. The van der Waals surface area contributed by atoms with Gasteiger partial charge in [0.05, 0.1) is 11.4 Å². The molecule has 1 heterocycles. The Labute approximate surface area is 115 Å². The lowest BCUT2D eigenvalue weighted by atomic mass is 10.1. The van der Waals surface area contributed by atoms with Crippen molar-refractivity contribution in [2.45, 2.75) is 6.92 Å². The molecule has 0 bridgehead atoms. The predicted molar refractivity (Wildman–Crippen MR) is 74.1 cm³/mol. The number of nitrogens with one attached hydrogen (secondary N) is 2. The summed E-state index contributed by atoms with van der Waals surface area (Å²) in [6, 6.07) is 12.8. The fourth-order valence-corrected chi connectivity index (χ4v) is 2.13. The molecule has 0 fully saturated rings. The van der Waals surface area contributed by atoms with Crippen molar-refractivity contribution in [3.05, 3.63) is 71.4 Å². The van der Waals surface area contributed by atoms with Crippen molar-refractivity contribution >= 4 is 11.4 Å². The minimum atomic E-state index is -0.366. The van der Waals surface area contributed by atoms with Crippen molar-refractivity contribution in [3.63, 3.8) is 0 Å². The number of benzene rings is 2. The maximum absolute atomic E-state index is 13.8. The van der Waals surface area contributed by atoms with E-state index in [0.717, 1.165) is 5.70 Å². The lowest BCUT2D eigenvalue weighted by Gasteiger charge is -2.20. The van der Waals surface area contributed by atoms with Crippen LogP contribution in [0.4, 0.5) is 14.5 Å². The average molecular weight is 273 g/mol. The average Bonchev–Trinajstić information content (AvgIpc) is 2.81. The summed E-state index contributed by atoms with van der Waals surface area (Å²) in [4.78, 5) is 0. The van der Waals surface area contributed by atoms with E-state index in [1.54, 1.807) is 43.3 Å². The number of anilines is 1. The summed E-state index contributed by atoms with van der Waals surface area (Å²) in [5.74, 6) is -0.693. The molecule has 0 atom stereocenters. The van der Waals surface area contributed by atoms with Crippen molar-refractivity contribution < 1.29 is 8.78 Å². The van der Waals surface area contributed by atoms with Gasteiger partial charge in [0, 0.05) is 5.56 Å². The van der Waals surface area contributed by atoms with Gasteiger partial charge in [0.25, 0.3) is 0 Å². The van der Waals surface area contributed by atoms with E-state index in [2.05, 4.69) is 10.9 Å². The number of allylic oxidation sites excluding steroid dienone is 1. The second kappa shape index (κ2) is 4.85. The molecule has 2 N–H and O–H groups in total. The Balaban J connectivity index is 1.92. The zero-order valence-electron chi connectivity index (χ0n) is 10.8. The first kappa shape index (κ1) is 12.5. The Hall–Kier alpha value is -2.56. The van der Waals surface area contributed by atoms with Gasteiger partial charge in [-0.25, -0.2) is 8.78 Å². The molecule has 0 spiro atoms. The van der Waals surface area contributed by atoms with Crippen molar-refractivity contribution in [1.29, 1.82) is 0 Å². The Morgan fingerprint density at radius 1 is 0.850 bits per heavy atom. The number of hydrogen-bond acceptors (Lipinski definition) is 3. The lowest BCUT2D eigenvalue weighted by Crippen LogP contribution is -2.40. The standard InChI is InChI=1S/C15H13F2N3/c1-10-15(11-6-2-3-7-12(11)16)19-20(18-10)14-9-5-4-8-13(14)17/h2-9,18-19H,1H3. The minimum absolute atomic E-state index is 0.327. The summed E-state index contributed by atoms with van der Waals surface area (Å²) >= 11 is 0. The summed E-state index contributed by atoms with van der Waals surface area (Å²) in [5.41, 5.74) is 8.06. The van der Waals surface area contributed by atoms with Crippen LogP contribution in [-0.2, 0) is 0 Å². The molecule has 5 heteroatoms. The van der Waals surface area contributed by atoms with Gasteiger partial charge < -0.3 is 0 Å². The van der Waals surface area contributed by atoms with E-state index in [1.807, 2.05) is 0 Å². The van der Waals surface area contributed by atoms with Crippen molar-refractivity contribution in [2.75, 3.05) is 5.12 Å². The van der Waals surface area contributed by atoms with Gasteiger partial charge in [0.15, 0.2) is 5.82 Å². The second-order valence-corrected chi connectivity index (χ2v) is 4.49. The van der Waals surface area contributed by atoms with Gasteiger partial charge in [-0.05, 0) is 31.2 Å². The molecule has 0 saturated carbocycles. The van der Waals surface area contributed by atoms with Crippen LogP contribution in [0.15, 0.2) is 54.2 Å². The number of nitrogens with zero attached hydrogens (tertiary/aromatic N) is 1. The zero-order valence-corrected chi connectivity index (χ0v) is 10.8. The third-order valence-corrected chi connectivity index (χ3v) is 3.11. The van der Waals surface area contributed by atoms with Gasteiger partial charge >= 0.3 is 0 Å². The summed E-state index contributed by atoms with van der Waals surface area (Å²) < 4.78 is 27.6. The van der Waals surface area contributed by atoms with Gasteiger partial charge in [-0.1, -0.05) is 24.3 Å². The topological polar surface area (TPSA) is 27.3 Å². The van der Waals surface area contributed by atoms with E-state index < -0.39 is 0 Å². The maximum atomic E-state index is 13.8. The van der Waals surface area contributed by atoms with Crippen LogP contribution >= 0.6 is 0 Å². The van der Waals surface area contributed by atoms with Crippen LogP contribution in [-0.4, -0.2) is 0 Å². The molecule has 2 aromatic carbocycles. The molecule has 0 amide bonds. The molecule has 0 unspecified atom stereocenters. The first-order valence-electron chi connectivity index (χ1n) is 6.20. The van der Waals surface area contributed by atoms with Crippen LogP contribution in [0.25, 0.3) is 5.70 Å². The van der Waals surface area contributed by atoms with Crippen LogP contribution in [0.2, 0.25) is 0 Å². The molecule has 0 radical (unpaired) electrons. The highest BCUT2D eigenvalue weighted by Gasteiger charge is 2.23. The fourth-order valence-electron chi connectivity index (χ4n) is 2.13. The molecule has 2 aromatic rings. The molecule has 1 aliphatic rings. The predicted octanol–water partition coefficient (Wildman–Crippen LogP) is 3.18. The largest absolute Gasteiger partial charge is 0.282 e. The van der Waals surface area contributed by atoms with Crippen LogP contribution < -0.4 is 16.0 Å². The summed E-state index contributed by atoms with van der Waals surface area (Å²) in [6.45, 7) is 1.80. The maximum Gasteiger partial charge on any atom is 0.150 e. The molecular weight excluding hydrogens is 260 g/mol.